The highest BCUT2D eigenvalue weighted by Crippen LogP contribution is 2.37. The molecule has 1 aromatic rings. The number of aryl methyl sites for hydroxylation is 1. The van der Waals surface area contributed by atoms with Gasteiger partial charge in [0.1, 0.15) is 0 Å². The number of carbonyl (C=O) groups is 1. The first-order valence-corrected chi connectivity index (χ1v) is 6.11. The van der Waals surface area contributed by atoms with E-state index >= 15 is 0 Å². The molecular weight excluding hydrogens is 323 g/mol. The highest BCUT2D eigenvalue weighted by atomic mass is 35.5. The summed E-state index contributed by atoms with van der Waals surface area (Å²) in [5.74, 6) is -1.50. The van der Waals surface area contributed by atoms with Crippen molar-refractivity contribution in [1.29, 1.82) is 0 Å². The molecule has 0 aromatic heterocycles. The Balaban J connectivity index is 0.00000441. The van der Waals surface area contributed by atoms with Crippen LogP contribution in [0.5, 0.6) is 0 Å². The van der Waals surface area contributed by atoms with Crippen LogP contribution >= 0.6 is 12.4 Å². The van der Waals surface area contributed by atoms with Gasteiger partial charge in [-0.3, -0.25) is 4.79 Å². The van der Waals surface area contributed by atoms with Crippen LogP contribution in [0.2, 0.25) is 0 Å². The zero-order chi connectivity index (χ0) is 16.4. The third-order valence-electron chi connectivity index (χ3n) is 2.91. The van der Waals surface area contributed by atoms with Crippen LogP contribution in [0.4, 0.5) is 13.2 Å². The maximum absolute atomic E-state index is 13.1. The summed E-state index contributed by atoms with van der Waals surface area (Å²) < 4.78 is 39.2. The molecule has 5 N–H and O–H groups in total. The van der Waals surface area contributed by atoms with Crippen molar-refractivity contribution >= 4 is 24.3 Å². The van der Waals surface area contributed by atoms with Crippen molar-refractivity contribution in [3.05, 3.63) is 34.4 Å². The lowest BCUT2D eigenvalue weighted by Gasteiger charge is -2.18. The molecule has 1 rings (SSSR count). The lowest BCUT2D eigenvalue weighted by atomic mass is 9.94. The Labute approximate surface area is 131 Å². The molecule has 1 unspecified atom stereocenters. The molecule has 1 aromatic carbocycles. The van der Waals surface area contributed by atoms with Gasteiger partial charge in [-0.1, -0.05) is 13.0 Å². The van der Waals surface area contributed by atoms with Crippen LogP contribution in [-0.2, 0) is 6.18 Å². The molecule has 0 spiro atoms. The lowest BCUT2D eigenvalue weighted by Crippen LogP contribution is -2.24. The van der Waals surface area contributed by atoms with Gasteiger partial charge >= 0.3 is 6.18 Å². The van der Waals surface area contributed by atoms with Crippen molar-refractivity contribution in [3.63, 3.8) is 0 Å². The Morgan fingerprint density at radius 3 is 2.32 bits per heavy atom. The smallest absolute Gasteiger partial charge is 0.388 e. The number of carbonyl (C=O) groups excluding carboxylic acids is 1. The largest absolute Gasteiger partial charge is 0.416 e. The average molecular weight is 340 g/mol. The van der Waals surface area contributed by atoms with Crippen LogP contribution in [0.1, 0.15) is 46.5 Å². The number of aliphatic hydroxyl groups is 1. The van der Waals surface area contributed by atoms with Gasteiger partial charge in [0, 0.05) is 5.56 Å². The standard InChI is InChI=1S/C13H16F3N3O2.ClH/c1-3-10(20)8-4-6(2)7(11(21)19-12(17)18)5-9(8)13(14,15)16;/h4-5,10,20H,3H2,1-2H3,(H4,17,18,19,21);1H. The molecule has 1 amide bonds. The van der Waals surface area contributed by atoms with Gasteiger partial charge < -0.3 is 16.6 Å². The molecule has 22 heavy (non-hydrogen) atoms. The van der Waals surface area contributed by atoms with E-state index in [0.717, 1.165) is 6.07 Å². The van der Waals surface area contributed by atoms with Crippen LogP contribution < -0.4 is 11.5 Å². The van der Waals surface area contributed by atoms with Crippen molar-refractivity contribution in [2.75, 3.05) is 0 Å². The fraction of sp³-hybridized carbons (Fsp3) is 0.385. The summed E-state index contributed by atoms with van der Waals surface area (Å²) in [6, 6.07) is 1.80. The number of hydrogen-bond donors (Lipinski definition) is 3. The van der Waals surface area contributed by atoms with Gasteiger partial charge in [0.05, 0.1) is 11.7 Å². The topological polar surface area (TPSA) is 102 Å². The van der Waals surface area contributed by atoms with Crippen LogP contribution in [0.25, 0.3) is 0 Å². The number of halogens is 4. The zero-order valence-electron chi connectivity index (χ0n) is 11.9. The van der Waals surface area contributed by atoms with E-state index in [4.69, 9.17) is 11.5 Å². The molecule has 9 heteroatoms. The highest BCUT2D eigenvalue weighted by Gasteiger charge is 2.36. The van der Waals surface area contributed by atoms with Crippen molar-refractivity contribution in [2.45, 2.75) is 32.5 Å². The summed E-state index contributed by atoms with van der Waals surface area (Å²) in [7, 11) is 0. The van der Waals surface area contributed by atoms with Gasteiger partial charge in [-0.05, 0) is 30.5 Å². The molecule has 0 bridgehead atoms. The second-order valence-corrected chi connectivity index (χ2v) is 4.52. The number of aliphatic hydroxyl groups excluding tert-OH is 1. The fourth-order valence-corrected chi connectivity index (χ4v) is 1.88. The first-order valence-electron chi connectivity index (χ1n) is 6.11. The summed E-state index contributed by atoms with van der Waals surface area (Å²) in [5, 5.41) is 9.72. The van der Waals surface area contributed by atoms with Crippen molar-refractivity contribution < 1.29 is 23.1 Å². The Kier molecular flexibility index (Phi) is 6.85. The molecule has 1 atom stereocenters. The minimum atomic E-state index is -4.70. The molecule has 0 fully saturated rings. The number of amides is 1. The molecule has 0 radical (unpaired) electrons. The van der Waals surface area contributed by atoms with E-state index in [0.29, 0.717) is 6.07 Å². The SMILES string of the molecule is CCC(O)c1cc(C)c(C(=O)N=C(N)N)cc1C(F)(F)F.Cl. The Bertz CT molecular complexity index is 585. The van der Waals surface area contributed by atoms with Crippen LogP contribution in [0.3, 0.4) is 0 Å². The summed E-state index contributed by atoms with van der Waals surface area (Å²) in [5.41, 5.74) is 8.74. The molecule has 0 aliphatic carbocycles. The summed E-state index contributed by atoms with van der Waals surface area (Å²) in [6.07, 6.45) is -5.86. The zero-order valence-corrected chi connectivity index (χ0v) is 12.8. The second kappa shape index (κ2) is 7.46. The predicted molar refractivity (Wildman–Crippen MR) is 78.8 cm³/mol. The lowest BCUT2D eigenvalue weighted by molar-refractivity contribution is -0.139. The van der Waals surface area contributed by atoms with Gasteiger partial charge in [0.25, 0.3) is 5.91 Å². The van der Waals surface area contributed by atoms with Gasteiger partial charge in [0.2, 0.25) is 0 Å². The van der Waals surface area contributed by atoms with E-state index in [-0.39, 0.29) is 35.5 Å². The van der Waals surface area contributed by atoms with E-state index < -0.39 is 29.7 Å². The quantitative estimate of drug-likeness (QED) is 0.581. The minimum Gasteiger partial charge on any atom is -0.388 e. The molecule has 0 heterocycles. The van der Waals surface area contributed by atoms with Gasteiger partial charge in [0.15, 0.2) is 5.96 Å². The van der Waals surface area contributed by atoms with E-state index in [9.17, 15) is 23.1 Å². The minimum absolute atomic E-state index is 0. The predicted octanol–water partition coefficient (Wildman–Crippen LogP) is 2.29. The number of benzene rings is 1. The third-order valence-corrected chi connectivity index (χ3v) is 2.91. The Morgan fingerprint density at radius 2 is 1.91 bits per heavy atom. The maximum Gasteiger partial charge on any atom is 0.416 e. The molecular formula is C13H17ClF3N3O2. The normalized spacial score (nSPS) is 12.3. The van der Waals surface area contributed by atoms with E-state index in [1.165, 1.54) is 6.92 Å². The van der Waals surface area contributed by atoms with Crippen LogP contribution in [0, 0.1) is 6.92 Å². The maximum atomic E-state index is 13.1. The average Bonchev–Trinajstić information content (AvgIpc) is 2.34. The fourth-order valence-electron chi connectivity index (χ4n) is 1.88. The first kappa shape index (κ1) is 20.2. The summed E-state index contributed by atoms with van der Waals surface area (Å²) in [6.45, 7) is 3.00. The van der Waals surface area contributed by atoms with Crippen molar-refractivity contribution in [2.24, 2.45) is 16.5 Å². The second-order valence-electron chi connectivity index (χ2n) is 4.52. The number of nitrogens with two attached hydrogens (primary N) is 2. The third kappa shape index (κ3) is 4.60. The Morgan fingerprint density at radius 1 is 1.36 bits per heavy atom. The number of hydrogen-bond acceptors (Lipinski definition) is 2. The molecule has 0 aliphatic rings. The van der Waals surface area contributed by atoms with Crippen LogP contribution in [0.15, 0.2) is 17.1 Å². The number of nitrogens with zero attached hydrogens (tertiary/aromatic N) is 1. The highest BCUT2D eigenvalue weighted by molar-refractivity contribution is 6.03. The van der Waals surface area contributed by atoms with E-state index in [1.807, 2.05) is 0 Å². The van der Waals surface area contributed by atoms with Crippen LogP contribution in [-0.4, -0.2) is 17.0 Å². The molecule has 0 saturated carbocycles. The number of guanidine groups is 1. The first-order chi connectivity index (χ1) is 9.57. The molecule has 124 valence electrons. The molecule has 0 saturated heterocycles. The molecule has 0 aliphatic heterocycles. The van der Waals surface area contributed by atoms with Gasteiger partial charge in [-0.25, -0.2) is 0 Å². The monoisotopic (exact) mass is 339 g/mol. The van der Waals surface area contributed by atoms with Crippen molar-refractivity contribution in [3.8, 4) is 0 Å². The number of rotatable bonds is 3. The van der Waals surface area contributed by atoms with E-state index in [2.05, 4.69) is 4.99 Å². The number of aliphatic imine (C=N–C) groups is 1. The van der Waals surface area contributed by atoms with Crippen molar-refractivity contribution in [1.82, 2.24) is 0 Å². The van der Waals surface area contributed by atoms with Gasteiger partial charge in [-0.15, -0.1) is 12.4 Å². The van der Waals surface area contributed by atoms with E-state index in [1.54, 1.807) is 6.92 Å². The summed E-state index contributed by atoms with van der Waals surface area (Å²) >= 11 is 0. The Hall–Kier alpha value is -1.80. The molecule has 5 nitrogen and oxygen atoms in total. The number of alkyl halides is 3. The van der Waals surface area contributed by atoms with Gasteiger partial charge in [-0.2, -0.15) is 18.2 Å². The summed E-state index contributed by atoms with van der Waals surface area (Å²) in [4.78, 5) is 15.0.